The van der Waals surface area contributed by atoms with Crippen LogP contribution in [0, 0.1) is 0 Å². The molecule has 0 saturated heterocycles. The lowest BCUT2D eigenvalue weighted by Crippen LogP contribution is -2.24. The molecule has 1 fully saturated rings. The van der Waals surface area contributed by atoms with Crippen LogP contribution in [0.15, 0.2) is 42.6 Å². The largest absolute Gasteiger partial charge is 0.492 e. The molecule has 5 heteroatoms. The summed E-state index contributed by atoms with van der Waals surface area (Å²) in [6.07, 6.45) is 6.13. The summed E-state index contributed by atoms with van der Waals surface area (Å²) < 4.78 is 11.4. The number of benzene rings is 1. The minimum atomic E-state index is -0.809. The fraction of sp³-hybridized carbons (Fsp3) is 0.368. The lowest BCUT2D eigenvalue weighted by atomic mass is 9.96. The summed E-state index contributed by atoms with van der Waals surface area (Å²) in [5.41, 5.74) is 1.86. The number of aromatic nitrogens is 1. The van der Waals surface area contributed by atoms with Crippen LogP contribution in [0.25, 0.3) is 11.3 Å². The van der Waals surface area contributed by atoms with Crippen LogP contribution >= 0.6 is 0 Å². The molecule has 1 aromatic heterocycles. The fourth-order valence-electron chi connectivity index (χ4n) is 2.46. The Hall–Kier alpha value is -2.56. The number of hydrogen-bond acceptors (Lipinski definition) is 4. The quantitative estimate of drug-likeness (QED) is 0.744. The van der Waals surface area contributed by atoms with Gasteiger partial charge in [0.1, 0.15) is 11.5 Å². The van der Waals surface area contributed by atoms with Gasteiger partial charge >= 0.3 is 5.97 Å². The van der Waals surface area contributed by atoms with Gasteiger partial charge in [-0.15, -0.1) is 0 Å². The van der Waals surface area contributed by atoms with E-state index in [1.54, 1.807) is 6.20 Å². The molecule has 1 saturated carbocycles. The van der Waals surface area contributed by atoms with E-state index in [-0.39, 0.29) is 6.42 Å². The molecule has 0 unspecified atom stereocenters. The molecule has 0 aliphatic heterocycles. The lowest BCUT2D eigenvalue weighted by molar-refractivity contribution is -0.137. The molecule has 0 spiro atoms. The van der Waals surface area contributed by atoms with Gasteiger partial charge in [0, 0.05) is 12.0 Å². The molecule has 24 heavy (non-hydrogen) atoms. The number of hydrogen-bond donors (Lipinski definition) is 1. The van der Waals surface area contributed by atoms with Crippen LogP contribution in [0.5, 0.6) is 11.5 Å². The van der Waals surface area contributed by atoms with E-state index >= 15 is 0 Å². The third kappa shape index (κ3) is 4.47. The van der Waals surface area contributed by atoms with E-state index in [1.165, 1.54) is 6.42 Å². The third-order valence-electron chi connectivity index (χ3n) is 4.02. The Kier molecular flexibility index (Phi) is 5.31. The number of nitrogens with zero attached hydrogens (tertiary/aromatic N) is 1. The molecule has 0 bridgehead atoms. The molecule has 5 nitrogen and oxygen atoms in total. The second-order valence-corrected chi connectivity index (χ2v) is 5.92. The highest BCUT2D eigenvalue weighted by Gasteiger charge is 2.19. The molecule has 1 aliphatic rings. The molecule has 0 radical (unpaired) electrons. The molecule has 1 aromatic carbocycles. The summed E-state index contributed by atoms with van der Waals surface area (Å²) >= 11 is 0. The smallest absolute Gasteiger partial charge is 0.303 e. The number of ether oxygens (including phenoxy) is 2. The molecule has 1 aliphatic carbocycles. The highest BCUT2D eigenvalue weighted by Crippen LogP contribution is 2.28. The SMILES string of the molecule is O=C(O)CCCOc1ccc(-c2cccc(OC3CCC3)c2)nc1. The molecular weight excluding hydrogens is 306 g/mol. The van der Waals surface area contributed by atoms with Crippen LogP contribution in [0.1, 0.15) is 32.1 Å². The Bertz CT molecular complexity index is 680. The van der Waals surface area contributed by atoms with Crippen molar-refractivity contribution in [3.8, 4) is 22.8 Å². The van der Waals surface area contributed by atoms with Crippen LogP contribution in [0.3, 0.4) is 0 Å². The van der Waals surface area contributed by atoms with Crippen LogP contribution < -0.4 is 9.47 Å². The Morgan fingerprint density at radius 3 is 2.75 bits per heavy atom. The molecular formula is C19H21NO4. The first-order valence-electron chi connectivity index (χ1n) is 8.28. The molecule has 0 amide bonds. The second kappa shape index (κ2) is 7.81. The monoisotopic (exact) mass is 327 g/mol. The van der Waals surface area contributed by atoms with Crippen LogP contribution in [-0.2, 0) is 4.79 Å². The first kappa shape index (κ1) is 16.3. The second-order valence-electron chi connectivity index (χ2n) is 5.92. The van der Waals surface area contributed by atoms with E-state index in [9.17, 15) is 4.79 Å². The maximum Gasteiger partial charge on any atom is 0.303 e. The maximum atomic E-state index is 10.5. The van der Waals surface area contributed by atoms with E-state index in [2.05, 4.69) is 4.98 Å². The standard InChI is InChI=1S/C19H21NO4/c21-19(22)8-3-11-23-17-9-10-18(20-13-17)14-4-1-7-16(12-14)24-15-5-2-6-15/h1,4,7,9-10,12-13,15H,2-3,5-6,8,11H2,(H,21,22). The van der Waals surface area contributed by atoms with Gasteiger partial charge in [-0.1, -0.05) is 12.1 Å². The van der Waals surface area contributed by atoms with E-state index in [4.69, 9.17) is 14.6 Å². The van der Waals surface area contributed by atoms with Gasteiger partial charge < -0.3 is 14.6 Å². The molecule has 1 N–H and O–H groups in total. The number of aliphatic carboxylic acids is 1. The Balaban J connectivity index is 1.58. The van der Waals surface area contributed by atoms with Gasteiger partial charge in [0.2, 0.25) is 0 Å². The zero-order valence-corrected chi connectivity index (χ0v) is 13.5. The van der Waals surface area contributed by atoms with Crippen molar-refractivity contribution in [1.82, 2.24) is 4.98 Å². The van der Waals surface area contributed by atoms with Crippen molar-refractivity contribution in [2.24, 2.45) is 0 Å². The minimum absolute atomic E-state index is 0.110. The summed E-state index contributed by atoms with van der Waals surface area (Å²) in [6.45, 7) is 0.373. The summed E-state index contributed by atoms with van der Waals surface area (Å²) in [6, 6.07) is 11.7. The van der Waals surface area contributed by atoms with Crippen molar-refractivity contribution >= 4 is 5.97 Å². The van der Waals surface area contributed by atoms with E-state index < -0.39 is 5.97 Å². The van der Waals surface area contributed by atoms with Gasteiger partial charge in [0.25, 0.3) is 0 Å². The van der Waals surface area contributed by atoms with Crippen molar-refractivity contribution in [3.05, 3.63) is 42.6 Å². The number of carbonyl (C=O) groups is 1. The van der Waals surface area contributed by atoms with Gasteiger partial charge in [0.05, 0.1) is 24.6 Å². The number of carboxylic acid groups (broad SMARTS) is 1. The predicted molar refractivity (Wildman–Crippen MR) is 90.3 cm³/mol. The summed E-state index contributed by atoms with van der Waals surface area (Å²) in [7, 11) is 0. The van der Waals surface area contributed by atoms with Gasteiger partial charge in [-0.2, -0.15) is 0 Å². The van der Waals surface area contributed by atoms with Gasteiger partial charge in [-0.05, 0) is 49.9 Å². The minimum Gasteiger partial charge on any atom is -0.492 e. The first-order chi connectivity index (χ1) is 11.7. The van der Waals surface area contributed by atoms with Gasteiger partial charge in [0.15, 0.2) is 0 Å². The van der Waals surface area contributed by atoms with Crippen molar-refractivity contribution in [1.29, 1.82) is 0 Å². The Morgan fingerprint density at radius 2 is 2.08 bits per heavy atom. The summed E-state index contributed by atoms with van der Waals surface area (Å²) in [5, 5.41) is 8.59. The third-order valence-corrected chi connectivity index (χ3v) is 4.02. The summed E-state index contributed by atoms with van der Waals surface area (Å²) in [5.74, 6) is 0.718. The molecule has 1 heterocycles. The van der Waals surface area contributed by atoms with Gasteiger partial charge in [-0.3, -0.25) is 9.78 Å². The maximum absolute atomic E-state index is 10.5. The van der Waals surface area contributed by atoms with Crippen molar-refractivity contribution in [2.75, 3.05) is 6.61 Å². The highest BCUT2D eigenvalue weighted by molar-refractivity contribution is 5.66. The predicted octanol–water partition coefficient (Wildman–Crippen LogP) is 3.92. The Morgan fingerprint density at radius 1 is 1.21 bits per heavy atom. The number of rotatable bonds is 8. The van der Waals surface area contributed by atoms with E-state index in [0.29, 0.717) is 24.9 Å². The zero-order chi connectivity index (χ0) is 16.8. The van der Waals surface area contributed by atoms with Gasteiger partial charge in [-0.25, -0.2) is 0 Å². The summed E-state index contributed by atoms with van der Waals surface area (Å²) in [4.78, 5) is 14.9. The zero-order valence-electron chi connectivity index (χ0n) is 13.5. The number of pyridine rings is 1. The average Bonchev–Trinajstić information content (AvgIpc) is 2.56. The lowest BCUT2D eigenvalue weighted by Gasteiger charge is -2.26. The van der Waals surface area contributed by atoms with Crippen LogP contribution in [0.4, 0.5) is 0 Å². The van der Waals surface area contributed by atoms with E-state index in [1.807, 2.05) is 36.4 Å². The molecule has 2 aromatic rings. The van der Waals surface area contributed by atoms with Crippen molar-refractivity contribution in [3.63, 3.8) is 0 Å². The number of carboxylic acids is 1. The topological polar surface area (TPSA) is 68.7 Å². The highest BCUT2D eigenvalue weighted by atomic mass is 16.5. The van der Waals surface area contributed by atoms with Crippen LogP contribution in [0.2, 0.25) is 0 Å². The molecule has 126 valence electrons. The Labute approximate surface area is 141 Å². The van der Waals surface area contributed by atoms with E-state index in [0.717, 1.165) is 29.8 Å². The van der Waals surface area contributed by atoms with Crippen molar-refractivity contribution in [2.45, 2.75) is 38.2 Å². The van der Waals surface area contributed by atoms with Crippen LogP contribution in [-0.4, -0.2) is 28.8 Å². The first-order valence-corrected chi connectivity index (χ1v) is 8.28. The fourth-order valence-corrected chi connectivity index (χ4v) is 2.46. The average molecular weight is 327 g/mol. The molecule has 3 rings (SSSR count). The van der Waals surface area contributed by atoms with Crippen molar-refractivity contribution < 1.29 is 19.4 Å². The normalized spacial score (nSPS) is 14.0. The molecule has 0 atom stereocenters.